The van der Waals surface area contributed by atoms with Gasteiger partial charge in [-0.15, -0.1) is 0 Å². The Morgan fingerprint density at radius 3 is 2.72 bits per heavy atom. The number of carbonyl (C=O) groups is 2. The number of benzene rings is 1. The minimum atomic E-state index is -0.538. The predicted molar refractivity (Wildman–Crippen MR) is 66.6 cm³/mol. The van der Waals surface area contributed by atoms with Gasteiger partial charge in [0.25, 0.3) is 0 Å². The van der Waals surface area contributed by atoms with Crippen molar-refractivity contribution in [2.24, 2.45) is 0 Å². The molecule has 0 aromatic heterocycles. The molecule has 0 bridgehead atoms. The molecule has 5 nitrogen and oxygen atoms in total. The van der Waals surface area contributed by atoms with Crippen LogP contribution in [0.3, 0.4) is 0 Å². The minimum Gasteiger partial charge on any atom is -0.467 e. The third-order valence-electron chi connectivity index (χ3n) is 3.24. The molecule has 2 rings (SSSR count). The van der Waals surface area contributed by atoms with Crippen LogP contribution in [0.1, 0.15) is 18.1 Å². The van der Waals surface area contributed by atoms with Crippen LogP contribution in [0.25, 0.3) is 0 Å². The summed E-state index contributed by atoms with van der Waals surface area (Å²) in [5, 5.41) is 0. The summed E-state index contributed by atoms with van der Waals surface area (Å²) in [5.74, 6) is -0.522. The van der Waals surface area contributed by atoms with Crippen LogP contribution in [0, 0.1) is 0 Å². The number of esters is 1. The molecule has 18 heavy (non-hydrogen) atoms. The average Bonchev–Trinajstić information content (AvgIpc) is 2.36. The Morgan fingerprint density at radius 1 is 1.39 bits per heavy atom. The Balaban J connectivity index is 2.37. The number of methoxy groups -OCH3 is 1. The number of amides is 1. The fourth-order valence-electron chi connectivity index (χ4n) is 2.28. The maximum absolute atomic E-state index is 11.7. The number of rotatable bonds is 1. The largest absolute Gasteiger partial charge is 0.467 e. The van der Waals surface area contributed by atoms with Crippen molar-refractivity contribution in [3.8, 4) is 0 Å². The van der Waals surface area contributed by atoms with E-state index in [1.54, 1.807) is 6.07 Å². The topological polar surface area (TPSA) is 72.6 Å². The van der Waals surface area contributed by atoms with Crippen molar-refractivity contribution in [2.45, 2.75) is 25.9 Å². The van der Waals surface area contributed by atoms with Crippen molar-refractivity contribution in [1.29, 1.82) is 0 Å². The maximum Gasteiger partial charge on any atom is 0.328 e. The zero-order chi connectivity index (χ0) is 13.3. The summed E-state index contributed by atoms with van der Waals surface area (Å²) in [6.07, 6.45) is 0.474. The van der Waals surface area contributed by atoms with Crippen LogP contribution in [0.4, 0.5) is 5.69 Å². The molecule has 1 aromatic rings. The molecule has 0 spiro atoms. The van der Waals surface area contributed by atoms with Crippen LogP contribution in [0.5, 0.6) is 0 Å². The van der Waals surface area contributed by atoms with E-state index in [-0.39, 0.29) is 11.9 Å². The number of nitrogens with zero attached hydrogens (tertiary/aromatic N) is 1. The van der Waals surface area contributed by atoms with Gasteiger partial charge in [0.05, 0.1) is 7.11 Å². The lowest BCUT2D eigenvalue weighted by Gasteiger charge is -2.34. The molecular weight excluding hydrogens is 232 g/mol. The molecular formula is C13H16N2O3. The molecule has 96 valence electrons. The SMILES string of the molecule is COC(=O)[C@@H]1Cc2ccc(N)cc2CN1C(C)=O. The smallest absolute Gasteiger partial charge is 0.328 e. The van der Waals surface area contributed by atoms with E-state index in [1.807, 2.05) is 12.1 Å². The van der Waals surface area contributed by atoms with Crippen LogP contribution in [-0.2, 0) is 27.3 Å². The number of nitrogens with two attached hydrogens (primary N) is 1. The number of fused-ring (bicyclic) bond motifs is 1. The highest BCUT2D eigenvalue weighted by atomic mass is 16.5. The van der Waals surface area contributed by atoms with E-state index in [1.165, 1.54) is 18.9 Å². The Hall–Kier alpha value is -2.04. The highest BCUT2D eigenvalue weighted by Crippen LogP contribution is 2.25. The molecule has 0 unspecified atom stereocenters. The Labute approximate surface area is 106 Å². The number of nitrogen functional groups attached to an aromatic ring is 1. The number of carbonyl (C=O) groups excluding carboxylic acids is 2. The second kappa shape index (κ2) is 4.68. The van der Waals surface area contributed by atoms with Crippen molar-refractivity contribution in [1.82, 2.24) is 4.90 Å². The lowest BCUT2D eigenvalue weighted by atomic mass is 9.93. The molecule has 0 radical (unpaired) electrons. The van der Waals surface area contributed by atoms with Gasteiger partial charge in [-0.25, -0.2) is 4.79 Å². The first kappa shape index (κ1) is 12.4. The number of anilines is 1. The highest BCUT2D eigenvalue weighted by molar-refractivity contribution is 5.84. The predicted octanol–water partition coefficient (Wildman–Crippen LogP) is 0.715. The van der Waals surface area contributed by atoms with E-state index in [4.69, 9.17) is 10.5 Å². The first-order valence-electron chi connectivity index (χ1n) is 5.75. The van der Waals surface area contributed by atoms with Crippen LogP contribution >= 0.6 is 0 Å². The highest BCUT2D eigenvalue weighted by Gasteiger charge is 2.33. The molecule has 1 aromatic carbocycles. The monoisotopic (exact) mass is 248 g/mol. The van der Waals surface area contributed by atoms with Crippen LogP contribution < -0.4 is 5.73 Å². The van der Waals surface area contributed by atoms with E-state index in [9.17, 15) is 9.59 Å². The van der Waals surface area contributed by atoms with Gasteiger partial charge in [-0.3, -0.25) is 4.79 Å². The Morgan fingerprint density at radius 2 is 2.11 bits per heavy atom. The normalized spacial score (nSPS) is 18.1. The summed E-state index contributed by atoms with van der Waals surface area (Å²) in [6.45, 7) is 1.85. The third kappa shape index (κ3) is 2.16. The fourth-order valence-corrected chi connectivity index (χ4v) is 2.28. The summed E-state index contributed by atoms with van der Waals surface area (Å²) in [7, 11) is 1.33. The molecule has 0 saturated heterocycles. The van der Waals surface area contributed by atoms with E-state index in [0.29, 0.717) is 18.7 Å². The first-order valence-corrected chi connectivity index (χ1v) is 5.75. The summed E-state index contributed by atoms with van der Waals surface area (Å²) in [4.78, 5) is 24.9. The summed E-state index contributed by atoms with van der Waals surface area (Å²) in [5.41, 5.74) is 8.42. The molecule has 2 N–H and O–H groups in total. The Bertz CT molecular complexity index is 499. The summed E-state index contributed by atoms with van der Waals surface area (Å²) >= 11 is 0. The molecule has 0 fully saturated rings. The lowest BCUT2D eigenvalue weighted by Crippen LogP contribution is -2.48. The molecule has 0 saturated carbocycles. The van der Waals surface area contributed by atoms with Crippen molar-refractivity contribution >= 4 is 17.6 Å². The number of ether oxygens (including phenoxy) is 1. The van der Waals surface area contributed by atoms with Gasteiger partial charge < -0.3 is 15.4 Å². The van der Waals surface area contributed by atoms with Gasteiger partial charge >= 0.3 is 5.97 Å². The summed E-state index contributed by atoms with van der Waals surface area (Å²) < 4.78 is 4.75. The van der Waals surface area contributed by atoms with Crippen LogP contribution in [-0.4, -0.2) is 29.9 Å². The quantitative estimate of drug-likeness (QED) is 0.587. The maximum atomic E-state index is 11.7. The second-order valence-corrected chi connectivity index (χ2v) is 4.42. The van der Waals surface area contributed by atoms with Crippen molar-refractivity contribution in [3.05, 3.63) is 29.3 Å². The number of hydrogen-bond acceptors (Lipinski definition) is 4. The van der Waals surface area contributed by atoms with Gasteiger partial charge in [0.15, 0.2) is 0 Å². The average molecular weight is 248 g/mol. The third-order valence-corrected chi connectivity index (χ3v) is 3.24. The van der Waals surface area contributed by atoms with E-state index < -0.39 is 6.04 Å². The van der Waals surface area contributed by atoms with Gasteiger partial charge in [-0.1, -0.05) is 6.07 Å². The molecule has 0 aliphatic carbocycles. The van der Waals surface area contributed by atoms with Gasteiger partial charge in [-0.05, 0) is 23.3 Å². The van der Waals surface area contributed by atoms with E-state index in [0.717, 1.165) is 11.1 Å². The molecule has 1 amide bonds. The Kier molecular flexibility index (Phi) is 3.23. The van der Waals surface area contributed by atoms with E-state index >= 15 is 0 Å². The van der Waals surface area contributed by atoms with Gasteiger partial charge in [0.2, 0.25) is 5.91 Å². The van der Waals surface area contributed by atoms with Gasteiger partial charge in [0.1, 0.15) is 6.04 Å². The van der Waals surface area contributed by atoms with Crippen molar-refractivity contribution in [3.63, 3.8) is 0 Å². The second-order valence-electron chi connectivity index (χ2n) is 4.42. The van der Waals surface area contributed by atoms with Crippen molar-refractivity contribution in [2.75, 3.05) is 12.8 Å². The summed E-state index contributed by atoms with van der Waals surface area (Å²) in [6, 6.07) is 5.01. The molecule has 1 aliphatic heterocycles. The van der Waals surface area contributed by atoms with E-state index in [2.05, 4.69) is 0 Å². The van der Waals surface area contributed by atoms with Crippen LogP contribution in [0.15, 0.2) is 18.2 Å². The molecule has 1 atom stereocenters. The molecule has 1 aliphatic rings. The minimum absolute atomic E-state index is 0.140. The van der Waals surface area contributed by atoms with Crippen LogP contribution in [0.2, 0.25) is 0 Å². The van der Waals surface area contributed by atoms with Gasteiger partial charge in [-0.2, -0.15) is 0 Å². The van der Waals surface area contributed by atoms with Gasteiger partial charge in [0, 0.05) is 25.6 Å². The molecule has 1 heterocycles. The lowest BCUT2D eigenvalue weighted by molar-refractivity contribution is -0.153. The zero-order valence-electron chi connectivity index (χ0n) is 10.5. The first-order chi connectivity index (χ1) is 8.52. The zero-order valence-corrected chi connectivity index (χ0v) is 10.5. The standard InChI is InChI=1S/C13H16N2O3/c1-8(16)15-7-10-5-11(14)4-3-9(10)6-12(15)13(17)18-2/h3-5,12H,6-7,14H2,1-2H3/t12-/m0/s1. The van der Waals surface area contributed by atoms with Crippen molar-refractivity contribution < 1.29 is 14.3 Å². The number of hydrogen-bond donors (Lipinski definition) is 1. The molecule has 5 heteroatoms. The fraction of sp³-hybridized carbons (Fsp3) is 0.385.